The van der Waals surface area contributed by atoms with Gasteiger partial charge in [-0.1, -0.05) is 56.3 Å². The number of nitrogens with zero attached hydrogens (tertiary/aromatic N) is 1. The number of fused-ring (bicyclic) bond motifs is 1. The molecule has 0 bridgehead atoms. The molecule has 0 spiro atoms. The second-order valence-electron chi connectivity index (χ2n) is 5.16. The van der Waals surface area contributed by atoms with Crippen molar-refractivity contribution in [3.63, 3.8) is 0 Å². The maximum Gasteiger partial charge on any atom is 0.0708 e. The van der Waals surface area contributed by atoms with Crippen molar-refractivity contribution in [3.8, 4) is 11.3 Å². The number of hydrogen-bond donors (Lipinski definition) is 0. The molecule has 1 heterocycles. The average molecular weight is 247 g/mol. The van der Waals surface area contributed by atoms with Crippen LogP contribution in [0, 0.1) is 0 Å². The van der Waals surface area contributed by atoms with Gasteiger partial charge in [-0.25, -0.2) is 0 Å². The van der Waals surface area contributed by atoms with Crippen molar-refractivity contribution >= 4 is 10.8 Å². The predicted octanol–water partition coefficient (Wildman–Crippen LogP) is 5.03. The fourth-order valence-corrected chi connectivity index (χ4v) is 2.41. The summed E-state index contributed by atoms with van der Waals surface area (Å²) in [5.41, 5.74) is 3.62. The number of benzene rings is 2. The van der Waals surface area contributed by atoms with Crippen LogP contribution < -0.4 is 0 Å². The van der Waals surface area contributed by atoms with Gasteiger partial charge in [0.2, 0.25) is 0 Å². The van der Waals surface area contributed by atoms with Crippen LogP contribution in [0.2, 0.25) is 0 Å². The van der Waals surface area contributed by atoms with Crippen molar-refractivity contribution in [2.24, 2.45) is 0 Å². The van der Waals surface area contributed by atoms with Gasteiger partial charge in [-0.2, -0.15) is 0 Å². The number of rotatable bonds is 2. The molecule has 0 aliphatic carbocycles. The highest BCUT2D eigenvalue weighted by Crippen LogP contribution is 2.29. The Hall–Kier alpha value is -2.15. The molecule has 0 saturated carbocycles. The highest BCUT2D eigenvalue weighted by atomic mass is 14.7. The van der Waals surface area contributed by atoms with Crippen LogP contribution >= 0.6 is 0 Å². The van der Waals surface area contributed by atoms with E-state index in [9.17, 15) is 0 Å². The molecule has 0 unspecified atom stereocenters. The van der Waals surface area contributed by atoms with Gasteiger partial charge in [0.15, 0.2) is 0 Å². The maximum absolute atomic E-state index is 4.46. The second kappa shape index (κ2) is 4.85. The van der Waals surface area contributed by atoms with Crippen molar-refractivity contribution < 1.29 is 0 Å². The summed E-state index contributed by atoms with van der Waals surface area (Å²) in [6.07, 6.45) is 1.84. The van der Waals surface area contributed by atoms with E-state index in [1.54, 1.807) is 0 Å². The molecule has 1 heteroatoms. The summed E-state index contributed by atoms with van der Waals surface area (Å²) < 4.78 is 0. The van der Waals surface area contributed by atoms with Gasteiger partial charge in [0.1, 0.15) is 0 Å². The summed E-state index contributed by atoms with van der Waals surface area (Å²) in [5, 5.41) is 2.56. The molecule has 0 amide bonds. The zero-order valence-electron chi connectivity index (χ0n) is 11.3. The van der Waals surface area contributed by atoms with Crippen LogP contribution in [0.1, 0.15) is 25.3 Å². The van der Waals surface area contributed by atoms with E-state index >= 15 is 0 Å². The summed E-state index contributed by atoms with van der Waals surface area (Å²) in [7, 11) is 0. The van der Waals surface area contributed by atoms with Crippen molar-refractivity contribution in [1.82, 2.24) is 4.98 Å². The van der Waals surface area contributed by atoms with Gasteiger partial charge in [-0.05, 0) is 34.4 Å². The Labute approximate surface area is 113 Å². The molecule has 3 aromatic rings. The van der Waals surface area contributed by atoms with E-state index in [1.165, 1.54) is 21.9 Å². The third-order valence-corrected chi connectivity index (χ3v) is 3.51. The monoisotopic (exact) mass is 247 g/mol. The summed E-state index contributed by atoms with van der Waals surface area (Å²) in [5.74, 6) is 0.558. The minimum atomic E-state index is 0.558. The third kappa shape index (κ3) is 2.24. The first kappa shape index (κ1) is 11.9. The number of hydrogen-bond acceptors (Lipinski definition) is 1. The summed E-state index contributed by atoms with van der Waals surface area (Å²) in [6.45, 7) is 4.45. The van der Waals surface area contributed by atoms with E-state index in [1.807, 2.05) is 18.3 Å². The predicted molar refractivity (Wildman–Crippen MR) is 81.3 cm³/mol. The molecule has 2 aromatic carbocycles. The second-order valence-corrected chi connectivity index (χ2v) is 5.16. The minimum absolute atomic E-state index is 0.558. The Bertz CT molecular complexity index is 699. The summed E-state index contributed by atoms with van der Waals surface area (Å²) in [4.78, 5) is 4.46. The fraction of sp³-hybridized carbons (Fsp3) is 0.167. The van der Waals surface area contributed by atoms with Crippen LogP contribution in [0.4, 0.5) is 0 Å². The molecule has 0 N–H and O–H groups in total. The van der Waals surface area contributed by atoms with Crippen LogP contribution in [0.3, 0.4) is 0 Å². The largest absolute Gasteiger partial charge is 0.256 e. The molecule has 0 aliphatic rings. The maximum atomic E-state index is 4.46. The Kier molecular flexibility index (Phi) is 3.04. The SMILES string of the molecule is CC(C)c1ccc2c(-c3ccccn3)cccc2c1. The summed E-state index contributed by atoms with van der Waals surface area (Å²) >= 11 is 0. The Morgan fingerprint density at radius 2 is 1.79 bits per heavy atom. The molecule has 0 saturated heterocycles. The van der Waals surface area contributed by atoms with Crippen molar-refractivity contribution in [2.75, 3.05) is 0 Å². The van der Waals surface area contributed by atoms with Gasteiger partial charge < -0.3 is 0 Å². The lowest BCUT2D eigenvalue weighted by Gasteiger charge is -2.10. The molecule has 1 aromatic heterocycles. The van der Waals surface area contributed by atoms with Crippen molar-refractivity contribution in [3.05, 3.63) is 66.4 Å². The molecule has 0 atom stereocenters. The lowest BCUT2D eigenvalue weighted by Crippen LogP contribution is -1.89. The van der Waals surface area contributed by atoms with Crippen molar-refractivity contribution in [1.29, 1.82) is 0 Å². The fourth-order valence-electron chi connectivity index (χ4n) is 2.41. The molecule has 1 nitrogen and oxygen atoms in total. The van der Waals surface area contributed by atoms with E-state index in [2.05, 4.69) is 61.3 Å². The van der Waals surface area contributed by atoms with Crippen LogP contribution in [0.15, 0.2) is 60.8 Å². The first-order chi connectivity index (χ1) is 9.25. The van der Waals surface area contributed by atoms with Gasteiger partial charge in [0.25, 0.3) is 0 Å². The molecule has 0 aliphatic heterocycles. The topological polar surface area (TPSA) is 12.9 Å². The standard InChI is InChI=1S/C18H17N/c1-13(2)14-9-10-16-15(12-14)6-5-7-17(16)18-8-3-4-11-19-18/h3-13H,1-2H3. The first-order valence-corrected chi connectivity index (χ1v) is 6.70. The van der Waals surface area contributed by atoms with Crippen LogP contribution in [0.25, 0.3) is 22.0 Å². The highest BCUT2D eigenvalue weighted by molar-refractivity contribution is 5.96. The molecule has 3 rings (SSSR count). The van der Waals surface area contributed by atoms with Gasteiger partial charge in [-0.15, -0.1) is 0 Å². The van der Waals surface area contributed by atoms with Gasteiger partial charge in [0, 0.05) is 11.8 Å². The lowest BCUT2D eigenvalue weighted by atomic mass is 9.96. The van der Waals surface area contributed by atoms with E-state index < -0.39 is 0 Å². The molecule has 94 valence electrons. The van der Waals surface area contributed by atoms with E-state index in [-0.39, 0.29) is 0 Å². The number of aromatic nitrogens is 1. The van der Waals surface area contributed by atoms with Gasteiger partial charge in [0.05, 0.1) is 5.69 Å². The zero-order valence-corrected chi connectivity index (χ0v) is 11.3. The van der Waals surface area contributed by atoms with Crippen LogP contribution in [-0.4, -0.2) is 4.98 Å². The van der Waals surface area contributed by atoms with Gasteiger partial charge in [-0.3, -0.25) is 4.98 Å². The molecular weight excluding hydrogens is 230 g/mol. The molecular formula is C18H17N. The van der Waals surface area contributed by atoms with Gasteiger partial charge >= 0.3 is 0 Å². The summed E-state index contributed by atoms with van der Waals surface area (Å²) in [6, 6.07) is 19.2. The average Bonchev–Trinajstić information content (AvgIpc) is 2.47. The molecule has 0 radical (unpaired) electrons. The van der Waals surface area contributed by atoms with Crippen molar-refractivity contribution in [2.45, 2.75) is 19.8 Å². The quantitative estimate of drug-likeness (QED) is 0.619. The Morgan fingerprint density at radius 1 is 0.895 bits per heavy atom. The smallest absolute Gasteiger partial charge is 0.0708 e. The van der Waals surface area contributed by atoms with E-state index in [0.29, 0.717) is 5.92 Å². The molecule has 0 fully saturated rings. The molecule has 19 heavy (non-hydrogen) atoms. The first-order valence-electron chi connectivity index (χ1n) is 6.70. The van der Waals surface area contributed by atoms with Crippen LogP contribution in [0.5, 0.6) is 0 Å². The minimum Gasteiger partial charge on any atom is -0.256 e. The lowest BCUT2D eigenvalue weighted by molar-refractivity contribution is 0.869. The zero-order chi connectivity index (χ0) is 13.2. The Balaban J connectivity index is 2.22. The van der Waals surface area contributed by atoms with Crippen LogP contribution in [-0.2, 0) is 0 Å². The highest BCUT2D eigenvalue weighted by Gasteiger charge is 2.06. The normalized spacial score (nSPS) is 11.1. The number of pyridine rings is 1. The van der Waals surface area contributed by atoms with E-state index in [4.69, 9.17) is 0 Å². The van der Waals surface area contributed by atoms with E-state index in [0.717, 1.165) is 5.69 Å². The third-order valence-electron chi connectivity index (χ3n) is 3.51. The Morgan fingerprint density at radius 3 is 2.53 bits per heavy atom.